The van der Waals surface area contributed by atoms with E-state index in [9.17, 15) is 13.2 Å². The number of hydrogen-bond donors (Lipinski definition) is 2. The Morgan fingerprint density at radius 2 is 1.82 bits per heavy atom. The van der Waals surface area contributed by atoms with Gasteiger partial charge in [-0.05, 0) is 69.0 Å². The smallest absolute Gasteiger partial charge is 0.242 e. The lowest BCUT2D eigenvalue weighted by atomic mass is 10.1. The molecule has 1 atom stereocenters. The fourth-order valence-corrected chi connectivity index (χ4v) is 4.18. The molecule has 0 saturated heterocycles. The van der Waals surface area contributed by atoms with Gasteiger partial charge in [-0.3, -0.25) is 4.79 Å². The Labute approximate surface area is 167 Å². The lowest BCUT2D eigenvalue weighted by molar-refractivity contribution is -0.117. The lowest BCUT2D eigenvalue weighted by Crippen LogP contribution is -2.41. The van der Waals surface area contributed by atoms with Gasteiger partial charge in [-0.25, -0.2) is 8.42 Å². The summed E-state index contributed by atoms with van der Waals surface area (Å²) in [6.45, 7) is 9.59. The van der Waals surface area contributed by atoms with Gasteiger partial charge in [0.2, 0.25) is 15.9 Å². The average molecular weight is 405 g/mol. The molecule has 2 rings (SSSR count). The number of para-hydroxylation sites is 1. The molecule has 0 aliphatic carbocycles. The zero-order valence-corrected chi connectivity index (χ0v) is 17.8. The van der Waals surface area contributed by atoms with E-state index in [0.717, 1.165) is 23.2 Å². The number of carbonyl (C=O) groups excluding carboxylic acids is 1. The van der Waals surface area contributed by atoms with E-state index in [1.165, 1.54) is 19.1 Å². The van der Waals surface area contributed by atoms with E-state index in [0.29, 0.717) is 17.9 Å². The van der Waals surface area contributed by atoms with E-state index in [-0.39, 0.29) is 4.90 Å². The fourth-order valence-electron chi connectivity index (χ4n) is 2.89. The molecule has 0 saturated carbocycles. The second-order valence-corrected chi connectivity index (χ2v) is 8.37. The van der Waals surface area contributed by atoms with Crippen molar-refractivity contribution < 1.29 is 17.9 Å². The van der Waals surface area contributed by atoms with Crippen molar-refractivity contribution in [1.82, 2.24) is 4.72 Å². The van der Waals surface area contributed by atoms with E-state index in [4.69, 9.17) is 4.74 Å². The maximum Gasteiger partial charge on any atom is 0.242 e. The first-order valence-corrected chi connectivity index (χ1v) is 10.8. The summed E-state index contributed by atoms with van der Waals surface area (Å²) >= 11 is 0. The maximum atomic E-state index is 12.7. The van der Waals surface area contributed by atoms with Crippen molar-refractivity contribution in [2.24, 2.45) is 0 Å². The van der Waals surface area contributed by atoms with E-state index in [2.05, 4.69) is 10.0 Å². The predicted octanol–water partition coefficient (Wildman–Crippen LogP) is 3.57. The summed E-state index contributed by atoms with van der Waals surface area (Å²) in [6.07, 6.45) is 0.767. The molecule has 0 aliphatic heterocycles. The van der Waals surface area contributed by atoms with E-state index >= 15 is 0 Å². The summed E-state index contributed by atoms with van der Waals surface area (Å²) in [5.41, 5.74) is 3.39. The molecule has 0 aromatic heterocycles. The van der Waals surface area contributed by atoms with Gasteiger partial charge in [-0.15, -0.1) is 0 Å². The first-order chi connectivity index (χ1) is 13.2. The molecule has 2 aromatic carbocycles. The molecule has 28 heavy (non-hydrogen) atoms. The Morgan fingerprint density at radius 1 is 1.11 bits per heavy atom. The third-order valence-electron chi connectivity index (χ3n) is 4.47. The van der Waals surface area contributed by atoms with Gasteiger partial charge in [0, 0.05) is 5.69 Å². The SMILES string of the molecule is CCOc1ccc(S(=O)(=O)N[C@@H](C)C(=O)Nc2c(C)cccc2CC)cc1C. The van der Waals surface area contributed by atoms with Crippen LogP contribution in [0.25, 0.3) is 0 Å². The second-order valence-electron chi connectivity index (χ2n) is 6.66. The van der Waals surface area contributed by atoms with Crippen LogP contribution in [0.4, 0.5) is 5.69 Å². The highest BCUT2D eigenvalue weighted by molar-refractivity contribution is 7.89. The van der Waals surface area contributed by atoms with Crippen LogP contribution < -0.4 is 14.8 Å². The van der Waals surface area contributed by atoms with Crippen molar-refractivity contribution in [3.63, 3.8) is 0 Å². The van der Waals surface area contributed by atoms with Crippen molar-refractivity contribution in [1.29, 1.82) is 0 Å². The number of rotatable bonds is 8. The first kappa shape index (κ1) is 21.9. The van der Waals surface area contributed by atoms with Gasteiger partial charge in [0.25, 0.3) is 0 Å². The van der Waals surface area contributed by atoms with Crippen LogP contribution in [0, 0.1) is 13.8 Å². The molecule has 0 spiro atoms. The summed E-state index contributed by atoms with van der Waals surface area (Å²) in [6, 6.07) is 9.49. The minimum absolute atomic E-state index is 0.0956. The highest BCUT2D eigenvalue weighted by atomic mass is 32.2. The van der Waals surface area contributed by atoms with Crippen molar-refractivity contribution in [2.75, 3.05) is 11.9 Å². The number of aryl methyl sites for hydroxylation is 3. The number of amides is 1. The lowest BCUT2D eigenvalue weighted by Gasteiger charge is -2.18. The number of sulfonamides is 1. The minimum atomic E-state index is -3.84. The Morgan fingerprint density at radius 3 is 2.43 bits per heavy atom. The Hall–Kier alpha value is -2.38. The highest BCUT2D eigenvalue weighted by Gasteiger charge is 2.23. The number of nitrogens with one attached hydrogen (secondary N) is 2. The Bertz CT molecular complexity index is 955. The molecule has 2 aromatic rings. The molecule has 0 fully saturated rings. The van der Waals surface area contributed by atoms with Gasteiger partial charge in [-0.1, -0.05) is 25.1 Å². The molecule has 0 heterocycles. The normalized spacial score (nSPS) is 12.5. The molecule has 1 amide bonds. The third kappa shape index (κ3) is 5.11. The summed E-state index contributed by atoms with van der Waals surface area (Å²) in [5.74, 6) is 0.231. The molecule has 0 bridgehead atoms. The monoisotopic (exact) mass is 404 g/mol. The predicted molar refractivity (Wildman–Crippen MR) is 111 cm³/mol. The minimum Gasteiger partial charge on any atom is -0.494 e. The van der Waals surface area contributed by atoms with Gasteiger partial charge in [0.1, 0.15) is 5.75 Å². The van der Waals surface area contributed by atoms with E-state index in [1.807, 2.05) is 39.0 Å². The quantitative estimate of drug-likeness (QED) is 0.704. The van der Waals surface area contributed by atoms with E-state index in [1.54, 1.807) is 13.0 Å². The molecule has 6 nitrogen and oxygen atoms in total. The van der Waals surface area contributed by atoms with Gasteiger partial charge in [-0.2, -0.15) is 4.72 Å². The number of benzene rings is 2. The van der Waals surface area contributed by atoms with Crippen LogP contribution in [0.1, 0.15) is 37.5 Å². The number of ether oxygens (including phenoxy) is 1. The van der Waals surface area contributed by atoms with Crippen LogP contribution >= 0.6 is 0 Å². The van der Waals surface area contributed by atoms with Crippen molar-refractivity contribution >= 4 is 21.6 Å². The third-order valence-corrected chi connectivity index (χ3v) is 6.01. The summed E-state index contributed by atoms with van der Waals surface area (Å²) in [5, 5.41) is 2.85. The summed E-state index contributed by atoms with van der Waals surface area (Å²) in [4.78, 5) is 12.7. The van der Waals surface area contributed by atoms with Crippen LogP contribution in [0.2, 0.25) is 0 Å². The number of anilines is 1. The van der Waals surface area contributed by atoms with E-state index < -0.39 is 22.0 Å². The van der Waals surface area contributed by atoms with Crippen LogP contribution in [0.15, 0.2) is 41.3 Å². The molecular weight excluding hydrogens is 376 g/mol. The zero-order chi connectivity index (χ0) is 20.9. The molecule has 2 N–H and O–H groups in total. The first-order valence-electron chi connectivity index (χ1n) is 9.34. The molecule has 7 heteroatoms. The van der Waals surface area contributed by atoms with Gasteiger partial charge < -0.3 is 10.1 Å². The standard InChI is InChI=1S/C21H28N2O4S/c1-6-17-10-8-9-14(3)20(17)22-21(24)16(5)23-28(25,26)18-11-12-19(27-7-2)15(4)13-18/h8-13,16,23H,6-7H2,1-5H3,(H,22,24)/t16-/m0/s1. The molecule has 152 valence electrons. The Balaban J connectivity index is 2.16. The molecule has 0 unspecified atom stereocenters. The van der Waals surface area contributed by atoms with Crippen LogP contribution in [0.3, 0.4) is 0 Å². The topological polar surface area (TPSA) is 84.5 Å². The molecule has 0 aliphatic rings. The maximum absolute atomic E-state index is 12.7. The second kappa shape index (κ2) is 9.21. The molecular formula is C21H28N2O4S. The number of hydrogen-bond acceptors (Lipinski definition) is 4. The summed E-state index contributed by atoms with van der Waals surface area (Å²) < 4.78 is 33.2. The van der Waals surface area contributed by atoms with Crippen LogP contribution in [-0.4, -0.2) is 27.0 Å². The van der Waals surface area contributed by atoms with Crippen LogP contribution in [-0.2, 0) is 21.2 Å². The average Bonchev–Trinajstić information content (AvgIpc) is 2.64. The van der Waals surface area contributed by atoms with Gasteiger partial charge in [0.15, 0.2) is 0 Å². The van der Waals surface area contributed by atoms with Crippen LogP contribution in [0.5, 0.6) is 5.75 Å². The van der Waals surface area contributed by atoms with Crippen molar-refractivity contribution in [3.8, 4) is 5.75 Å². The Kier molecular flexibility index (Phi) is 7.21. The van der Waals surface area contributed by atoms with Crippen molar-refractivity contribution in [3.05, 3.63) is 53.1 Å². The van der Waals surface area contributed by atoms with Gasteiger partial charge >= 0.3 is 0 Å². The largest absolute Gasteiger partial charge is 0.494 e. The fraction of sp³-hybridized carbons (Fsp3) is 0.381. The summed E-state index contributed by atoms with van der Waals surface area (Å²) in [7, 11) is -3.84. The molecule has 0 radical (unpaired) electrons. The number of carbonyl (C=O) groups is 1. The zero-order valence-electron chi connectivity index (χ0n) is 17.0. The highest BCUT2D eigenvalue weighted by Crippen LogP contribution is 2.23. The van der Waals surface area contributed by atoms with Gasteiger partial charge in [0.05, 0.1) is 17.5 Å². The van der Waals surface area contributed by atoms with Crippen molar-refractivity contribution in [2.45, 2.75) is 52.0 Å².